The van der Waals surface area contributed by atoms with Crippen molar-refractivity contribution in [3.05, 3.63) is 42.6 Å². The number of hydrogen-bond donors (Lipinski definition) is 0. The SMILES string of the molecule is C=C(Br)Cn1cc(Br)cc(Br)c1=O. The molecule has 1 rings (SSSR count). The molecule has 0 N–H and O–H groups in total. The molecular formula is C8H6Br3NO. The summed E-state index contributed by atoms with van der Waals surface area (Å²) in [5.41, 5.74) is -0.0659. The number of pyridine rings is 1. The topological polar surface area (TPSA) is 22.0 Å². The van der Waals surface area contributed by atoms with Crippen LogP contribution in [0.25, 0.3) is 0 Å². The monoisotopic (exact) mass is 369 g/mol. The molecule has 0 unspecified atom stereocenters. The van der Waals surface area contributed by atoms with E-state index in [-0.39, 0.29) is 5.56 Å². The van der Waals surface area contributed by atoms with Gasteiger partial charge in [-0.05, 0) is 37.9 Å². The fraction of sp³-hybridized carbons (Fsp3) is 0.125. The maximum Gasteiger partial charge on any atom is 0.265 e. The van der Waals surface area contributed by atoms with Gasteiger partial charge in [0.2, 0.25) is 0 Å². The van der Waals surface area contributed by atoms with Crippen molar-refractivity contribution in [3.63, 3.8) is 0 Å². The van der Waals surface area contributed by atoms with Gasteiger partial charge in [0.15, 0.2) is 0 Å². The molecule has 70 valence electrons. The lowest BCUT2D eigenvalue weighted by Gasteiger charge is -2.05. The van der Waals surface area contributed by atoms with E-state index in [9.17, 15) is 4.79 Å². The third kappa shape index (κ3) is 3.07. The molecule has 0 saturated heterocycles. The minimum Gasteiger partial charge on any atom is -0.309 e. The minimum atomic E-state index is -0.0659. The van der Waals surface area contributed by atoms with Gasteiger partial charge in [-0.2, -0.15) is 0 Å². The molecule has 0 amide bonds. The first-order chi connectivity index (χ1) is 6.00. The number of halogens is 3. The highest BCUT2D eigenvalue weighted by atomic mass is 79.9. The normalized spacial score (nSPS) is 10.1. The number of rotatable bonds is 2. The van der Waals surface area contributed by atoms with E-state index in [0.29, 0.717) is 11.0 Å². The molecule has 0 saturated carbocycles. The molecule has 0 aliphatic rings. The molecule has 0 bridgehead atoms. The van der Waals surface area contributed by atoms with Crippen LogP contribution >= 0.6 is 47.8 Å². The van der Waals surface area contributed by atoms with E-state index in [1.807, 2.05) is 0 Å². The van der Waals surface area contributed by atoms with Crippen LogP contribution in [0.3, 0.4) is 0 Å². The molecule has 1 aromatic rings. The Morgan fingerprint density at radius 1 is 1.54 bits per heavy atom. The molecule has 0 aliphatic heterocycles. The van der Waals surface area contributed by atoms with Gasteiger partial charge in [-0.1, -0.05) is 22.5 Å². The van der Waals surface area contributed by atoms with Gasteiger partial charge >= 0.3 is 0 Å². The fourth-order valence-electron chi connectivity index (χ4n) is 0.867. The lowest BCUT2D eigenvalue weighted by molar-refractivity contribution is 0.766. The fourth-order valence-corrected chi connectivity index (χ4v) is 2.39. The summed E-state index contributed by atoms with van der Waals surface area (Å²) in [5, 5.41) is 0. The number of aromatic nitrogens is 1. The molecule has 13 heavy (non-hydrogen) atoms. The van der Waals surface area contributed by atoms with Crippen molar-refractivity contribution in [2.45, 2.75) is 6.54 Å². The van der Waals surface area contributed by atoms with Crippen LogP contribution in [0.4, 0.5) is 0 Å². The van der Waals surface area contributed by atoms with Crippen molar-refractivity contribution in [2.24, 2.45) is 0 Å². The standard InChI is InChI=1S/C8H6Br3NO/c1-5(9)3-12-4-6(10)2-7(11)8(12)13/h2,4H,1,3H2. The molecule has 0 aliphatic carbocycles. The van der Waals surface area contributed by atoms with Crippen LogP contribution in [0.5, 0.6) is 0 Å². The Morgan fingerprint density at radius 2 is 2.15 bits per heavy atom. The van der Waals surface area contributed by atoms with Crippen molar-refractivity contribution in [1.82, 2.24) is 4.57 Å². The van der Waals surface area contributed by atoms with E-state index in [4.69, 9.17) is 0 Å². The Balaban J connectivity index is 3.21. The van der Waals surface area contributed by atoms with E-state index in [0.717, 1.165) is 8.96 Å². The largest absolute Gasteiger partial charge is 0.309 e. The van der Waals surface area contributed by atoms with Crippen molar-refractivity contribution in [1.29, 1.82) is 0 Å². The van der Waals surface area contributed by atoms with Gasteiger partial charge in [-0.15, -0.1) is 0 Å². The summed E-state index contributed by atoms with van der Waals surface area (Å²) in [7, 11) is 0. The zero-order chi connectivity index (χ0) is 10.0. The third-order valence-electron chi connectivity index (χ3n) is 1.35. The zero-order valence-corrected chi connectivity index (χ0v) is 11.3. The Kier molecular flexibility index (Phi) is 3.94. The quantitative estimate of drug-likeness (QED) is 0.782. The summed E-state index contributed by atoms with van der Waals surface area (Å²) in [6.45, 7) is 4.15. The number of allylic oxidation sites excluding steroid dienone is 1. The van der Waals surface area contributed by atoms with Crippen LogP contribution in [-0.4, -0.2) is 4.57 Å². The molecule has 5 heteroatoms. The molecule has 1 aromatic heterocycles. The summed E-state index contributed by atoms with van der Waals surface area (Å²) in [6.07, 6.45) is 1.72. The molecule has 1 heterocycles. The van der Waals surface area contributed by atoms with Gasteiger partial charge in [-0.3, -0.25) is 4.79 Å². The predicted molar refractivity (Wildman–Crippen MR) is 64.2 cm³/mol. The molecule has 0 atom stereocenters. The van der Waals surface area contributed by atoms with Crippen LogP contribution in [0.15, 0.2) is 37.1 Å². The average molecular weight is 372 g/mol. The molecule has 0 fully saturated rings. The van der Waals surface area contributed by atoms with E-state index < -0.39 is 0 Å². The Labute approximate surface area is 101 Å². The second-order valence-corrected chi connectivity index (χ2v) is 5.35. The third-order valence-corrected chi connectivity index (χ3v) is 2.60. The van der Waals surface area contributed by atoms with Gasteiger partial charge in [0.05, 0.1) is 11.0 Å². The van der Waals surface area contributed by atoms with Gasteiger partial charge in [0.1, 0.15) is 0 Å². The maximum atomic E-state index is 11.5. The Hall–Kier alpha value is 0.130. The van der Waals surface area contributed by atoms with Gasteiger partial charge in [0.25, 0.3) is 5.56 Å². The summed E-state index contributed by atoms with van der Waals surface area (Å²) in [4.78, 5) is 11.5. The predicted octanol–water partition coefficient (Wildman–Crippen LogP) is 3.28. The summed E-state index contributed by atoms with van der Waals surface area (Å²) in [5.74, 6) is 0. The first kappa shape index (κ1) is 11.2. The van der Waals surface area contributed by atoms with Crippen molar-refractivity contribution in [2.75, 3.05) is 0 Å². The van der Waals surface area contributed by atoms with Gasteiger partial charge < -0.3 is 4.57 Å². The summed E-state index contributed by atoms with van der Waals surface area (Å²) >= 11 is 9.69. The number of nitrogens with zero attached hydrogens (tertiary/aromatic N) is 1. The van der Waals surface area contributed by atoms with Crippen LogP contribution < -0.4 is 5.56 Å². The van der Waals surface area contributed by atoms with E-state index in [2.05, 4.69) is 54.4 Å². The van der Waals surface area contributed by atoms with Crippen molar-refractivity contribution >= 4 is 47.8 Å². The summed E-state index contributed by atoms with van der Waals surface area (Å²) in [6, 6.07) is 1.72. The molecule has 0 aromatic carbocycles. The molecule has 0 spiro atoms. The van der Waals surface area contributed by atoms with Crippen LogP contribution in [0.2, 0.25) is 0 Å². The first-order valence-electron chi connectivity index (χ1n) is 3.39. The van der Waals surface area contributed by atoms with Crippen LogP contribution in [-0.2, 0) is 6.54 Å². The lowest BCUT2D eigenvalue weighted by Crippen LogP contribution is -2.20. The average Bonchev–Trinajstić information content (AvgIpc) is 1.98. The highest BCUT2D eigenvalue weighted by Gasteiger charge is 2.02. The second-order valence-electron chi connectivity index (χ2n) is 2.46. The Bertz CT molecular complexity index is 397. The van der Waals surface area contributed by atoms with Crippen molar-refractivity contribution in [3.8, 4) is 0 Å². The van der Waals surface area contributed by atoms with Gasteiger partial charge in [-0.25, -0.2) is 0 Å². The van der Waals surface area contributed by atoms with Crippen molar-refractivity contribution < 1.29 is 0 Å². The molecular weight excluding hydrogens is 366 g/mol. The highest BCUT2D eigenvalue weighted by molar-refractivity contribution is 9.11. The van der Waals surface area contributed by atoms with Crippen LogP contribution in [0, 0.1) is 0 Å². The maximum absolute atomic E-state index is 11.5. The zero-order valence-electron chi connectivity index (χ0n) is 6.56. The van der Waals surface area contributed by atoms with Gasteiger partial charge in [0, 0.05) is 15.2 Å². The smallest absolute Gasteiger partial charge is 0.265 e. The van der Waals surface area contributed by atoms with E-state index in [1.165, 1.54) is 0 Å². The number of hydrogen-bond acceptors (Lipinski definition) is 1. The molecule has 0 radical (unpaired) electrons. The van der Waals surface area contributed by atoms with Crippen LogP contribution in [0.1, 0.15) is 0 Å². The molecule has 2 nitrogen and oxygen atoms in total. The Morgan fingerprint density at radius 3 is 2.69 bits per heavy atom. The van der Waals surface area contributed by atoms with E-state index in [1.54, 1.807) is 16.8 Å². The first-order valence-corrected chi connectivity index (χ1v) is 5.77. The highest BCUT2D eigenvalue weighted by Crippen LogP contribution is 2.14. The second kappa shape index (κ2) is 4.57. The van der Waals surface area contributed by atoms with E-state index >= 15 is 0 Å². The minimum absolute atomic E-state index is 0.0659. The lowest BCUT2D eigenvalue weighted by atomic mass is 10.4. The summed E-state index contributed by atoms with van der Waals surface area (Å²) < 4.78 is 3.72.